The van der Waals surface area contributed by atoms with E-state index in [2.05, 4.69) is 63.3 Å². The zero-order valence-corrected chi connectivity index (χ0v) is 13.0. The number of nitrogens with one attached hydrogen (secondary N) is 1. The van der Waals surface area contributed by atoms with Crippen molar-refractivity contribution in [3.63, 3.8) is 0 Å². The van der Waals surface area contributed by atoms with Gasteiger partial charge in [0.25, 0.3) is 0 Å². The maximum absolute atomic E-state index is 3.78. The first-order valence-electron chi connectivity index (χ1n) is 7.53. The number of nitrogens with zero attached hydrogens (tertiary/aromatic N) is 1. The number of benzene rings is 1. The lowest BCUT2D eigenvalue weighted by atomic mass is 9.78. The number of hydrogen-bond acceptors (Lipinski definition) is 2. The van der Waals surface area contributed by atoms with Gasteiger partial charge >= 0.3 is 0 Å². The summed E-state index contributed by atoms with van der Waals surface area (Å²) in [5.41, 5.74) is 3.92. The minimum atomic E-state index is 0.632. The molecule has 0 aromatic heterocycles. The maximum Gasteiger partial charge on any atom is 0.0373 e. The summed E-state index contributed by atoms with van der Waals surface area (Å²) < 4.78 is 0. The van der Waals surface area contributed by atoms with Crippen LogP contribution in [0.25, 0.3) is 0 Å². The van der Waals surface area contributed by atoms with Crippen molar-refractivity contribution in [2.45, 2.75) is 46.1 Å². The van der Waals surface area contributed by atoms with Gasteiger partial charge in [-0.05, 0) is 48.9 Å². The SMILES string of the molecule is Cc1cc(N(C)C)ccc1NC1CCCC(C)C1C. The molecule has 0 aliphatic heterocycles. The van der Waals surface area contributed by atoms with E-state index in [0.29, 0.717) is 6.04 Å². The average molecular weight is 260 g/mol. The van der Waals surface area contributed by atoms with Crippen LogP contribution in [0.3, 0.4) is 0 Å². The van der Waals surface area contributed by atoms with Crippen LogP contribution in [0.2, 0.25) is 0 Å². The topological polar surface area (TPSA) is 15.3 Å². The molecule has 0 bridgehead atoms. The Morgan fingerprint density at radius 2 is 1.89 bits per heavy atom. The largest absolute Gasteiger partial charge is 0.382 e. The first-order chi connectivity index (χ1) is 8.99. The molecule has 0 spiro atoms. The Kier molecular flexibility index (Phi) is 4.38. The Bertz CT molecular complexity index is 425. The van der Waals surface area contributed by atoms with Crippen LogP contribution >= 0.6 is 0 Å². The third-order valence-corrected chi connectivity index (χ3v) is 4.77. The molecule has 0 radical (unpaired) electrons. The lowest BCUT2D eigenvalue weighted by Crippen LogP contribution is -2.35. The van der Waals surface area contributed by atoms with Crippen LogP contribution in [0.5, 0.6) is 0 Å². The molecule has 2 rings (SSSR count). The second-order valence-electron chi connectivity index (χ2n) is 6.41. The number of hydrogen-bond donors (Lipinski definition) is 1. The molecule has 1 aliphatic carbocycles. The van der Waals surface area contributed by atoms with Crippen LogP contribution in [0.15, 0.2) is 18.2 Å². The highest BCUT2D eigenvalue weighted by molar-refractivity contribution is 5.60. The van der Waals surface area contributed by atoms with Gasteiger partial charge in [-0.1, -0.05) is 26.7 Å². The highest BCUT2D eigenvalue weighted by Gasteiger charge is 2.27. The molecule has 1 N–H and O–H groups in total. The first-order valence-corrected chi connectivity index (χ1v) is 7.53. The highest BCUT2D eigenvalue weighted by atomic mass is 15.1. The Hall–Kier alpha value is -1.18. The fourth-order valence-corrected chi connectivity index (χ4v) is 3.07. The first kappa shape index (κ1) is 14.2. The van der Waals surface area contributed by atoms with E-state index < -0.39 is 0 Å². The van der Waals surface area contributed by atoms with Crippen LogP contribution in [0.4, 0.5) is 11.4 Å². The van der Waals surface area contributed by atoms with Crippen LogP contribution in [0, 0.1) is 18.8 Å². The van der Waals surface area contributed by atoms with Gasteiger partial charge in [-0.3, -0.25) is 0 Å². The van der Waals surface area contributed by atoms with Gasteiger partial charge in [0.15, 0.2) is 0 Å². The molecule has 1 fully saturated rings. The minimum Gasteiger partial charge on any atom is -0.382 e. The van der Waals surface area contributed by atoms with Gasteiger partial charge in [0, 0.05) is 31.5 Å². The smallest absolute Gasteiger partial charge is 0.0373 e. The van der Waals surface area contributed by atoms with Crippen molar-refractivity contribution in [2.75, 3.05) is 24.3 Å². The van der Waals surface area contributed by atoms with Crippen LogP contribution in [-0.4, -0.2) is 20.1 Å². The summed E-state index contributed by atoms with van der Waals surface area (Å²) in [5.74, 6) is 1.61. The summed E-state index contributed by atoms with van der Waals surface area (Å²) in [6, 6.07) is 7.33. The van der Waals surface area contributed by atoms with Crippen molar-refractivity contribution in [2.24, 2.45) is 11.8 Å². The van der Waals surface area contributed by atoms with E-state index in [1.165, 1.54) is 36.2 Å². The van der Waals surface area contributed by atoms with Crippen molar-refractivity contribution in [3.05, 3.63) is 23.8 Å². The van der Waals surface area contributed by atoms with Crippen LogP contribution < -0.4 is 10.2 Å². The lowest BCUT2D eigenvalue weighted by Gasteiger charge is -2.35. The van der Waals surface area contributed by atoms with Gasteiger partial charge in [0.05, 0.1) is 0 Å². The molecule has 0 heterocycles. The molecular weight excluding hydrogens is 232 g/mol. The predicted octanol–water partition coefficient (Wildman–Crippen LogP) is 4.30. The molecular formula is C17H28N2. The van der Waals surface area contributed by atoms with Crippen molar-refractivity contribution < 1.29 is 0 Å². The average Bonchev–Trinajstić information content (AvgIpc) is 2.37. The van der Waals surface area contributed by atoms with Gasteiger partial charge < -0.3 is 10.2 Å². The van der Waals surface area contributed by atoms with E-state index >= 15 is 0 Å². The normalized spacial score (nSPS) is 27.1. The summed E-state index contributed by atoms with van der Waals surface area (Å²) in [6.07, 6.45) is 4.05. The molecule has 1 aliphatic rings. The predicted molar refractivity (Wildman–Crippen MR) is 85.1 cm³/mol. The van der Waals surface area contributed by atoms with Crippen molar-refractivity contribution in [1.82, 2.24) is 0 Å². The molecule has 2 nitrogen and oxygen atoms in total. The van der Waals surface area contributed by atoms with Crippen molar-refractivity contribution in [3.8, 4) is 0 Å². The molecule has 0 saturated heterocycles. The zero-order valence-electron chi connectivity index (χ0n) is 13.0. The van der Waals surface area contributed by atoms with Crippen molar-refractivity contribution in [1.29, 1.82) is 0 Å². The third-order valence-electron chi connectivity index (χ3n) is 4.77. The summed E-state index contributed by atoms with van der Waals surface area (Å²) in [7, 11) is 4.18. The number of rotatable bonds is 3. The third kappa shape index (κ3) is 3.23. The Morgan fingerprint density at radius 3 is 2.53 bits per heavy atom. The molecule has 3 atom stereocenters. The van der Waals surface area contributed by atoms with E-state index in [0.717, 1.165) is 11.8 Å². The molecule has 106 valence electrons. The molecule has 1 saturated carbocycles. The van der Waals surface area contributed by atoms with Gasteiger partial charge in [-0.25, -0.2) is 0 Å². The quantitative estimate of drug-likeness (QED) is 0.871. The van der Waals surface area contributed by atoms with E-state index in [-0.39, 0.29) is 0 Å². The second-order valence-corrected chi connectivity index (χ2v) is 6.41. The van der Waals surface area contributed by atoms with Gasteiger partial charge in [0.2, 0.25) is 0 Å². The van der Waals surface area contributed by atoms with E-state index in [9.17, 15) is 0 Å². The lowest BCUT2D eigenvalue weighted by molar-refractivity contribution is 0.253. The number of aryl methyl sites for hydroxylation is 1. The van der Waals surface area contributed by atoms with Gasteiger partial charge in [-0.15, -0.1) is 0 Å². The van der Waals surface area contributed by atoms with E-state index in [1.54, 1.807) is 0 Å². The molecule has 3 unspecified atom stereocenters. The maximum atomic E-state index is 3.78. The molecule has 1 aromatic carbocycles. The molecule has 19 heavy (non-hydrogen) atoms. The summed E-state index contributed by atoms with van der Waals surface area (Å²) in [6.45, 7) is 6.98. The van der Waals surface area contributed by atoms with E-state index in [1.807, 2.05) is 0 Å². The van der Waals surface area contributed by atoms with Gasteiger partial charge in [0.1, 0.15) is 0 Å². The van der Waals surface area contributed by atoms with Crippen LogP contribution in [-0.2, 0) is 0 Å². The molecule has 0 amide bonds. The Balaban J connectivity index is 2.10. The summed E-state index contributed by atoms with van der Waals surface area (Å²) in [5, 5.41) is 3.78. The number of anilines is 2. The second kappa shape index (κ2) is 5.85. The Labute approximate surface area is 118 Å². The standard InChI is InChI=1S/C17H28N2/c1-12-7-6-8-17(14(12)3)18-16-10-9-15(19(4)5)11-13(16)2/h9-12,14,17-18H,6-8H2,1-5H3. The summed E-state index contributed by atoms with van der Waals surface area (Å²) >= 11 is 0. The molecule has 1 aromatic rings. The van der Waals surface area contributed by atoms with Crippen LogP contribution in [0.1, 0.15) is 38.7 Å². The Morgan fingerprint density at radius 1 is 1.16 bits per heavy atom. The van der Waals surface area contributed by atoms with Crippen molar-refractivity contribution >= 4 is 11.4 Å². The fraction of sp³-hybridized carbons (Fsp3) is 0.647. The highest BCUT2D eigenvalue weighted by Crippen LogP contribution is 2.32. The monoisotopic (exact) mass is 260 g/mol. The minimum absolute atomic E-state index is 0.632. The molecule has 2 heteroatoms. The van der Waals surface area contributed by atoms with Gasteiger partial charge in [-0.2, -0.15) is 0 Å². The van der Waals surface area contributed by atoms with E-state index in [4.69, 9.17) is 0 Å². The zero-order chi connectivity index (χ0) is 14.0. The fourth-order valence-electron chi connectivity index (χ4n) is 3.07. The summed E-state index contributed by atoms with van der Waals surface area (Å²) in [4.78, 5) is 2.15.